The lowest BCUT2D eigenvalue weighted by molar-refractivity contribution is 0.0783. The first-order valence-electron chi connectivity index (χ1n) is 5.60. The van der Waals surface area contributed by atoms with Gasteiger partial charge in [-0.05, 0) is 12.1 Å². The van der Waals surface area contributed by atoms with E-state index in [0.717, 1.165) is 5.69 Å². The van der Waals surface area contributed by atoms with Gasteiger partial charge in [-0.1, -0.05) is 24.4 Å². The van der Waals surface area contributed by atoms with Crippen molar-refractivity contribution in [1.29, 1.82) is 0 Å². The summed E-state index contributed by atoms with van der Waals surface area (Å²) in [6.07, 6.45) is 0. The van der Waals surface area contributed by atoms with Crippen molar-refractivity contribution < 1.29 is 4.79 Å². The summed E-state index contributed by atoms with van der Waals surface area (Å²) in [5, 5.41) is 1.93. The van der Waals surface area contributed by atoms with Crippen molar-refractivity contribution in [2.24, 2.45) is 5.73 Å². The van der Waals surface area contributed by atoms with Crippen molar-refractivity contribution in [3.05, 3.63) is 52.0 Å². The monoisotopic (exact) mass is 291 g/mol. The molecule has 0 unspecified atom stereocenters. The Labute approximate surface area is 120 Å². The molecule has 0 bridgehead atoms. The number of carbonyl (C=O) groups is 1. The number of thiazole rings is 1. The lowest BCUT2D eigenvalue weighted by Gasteiger charge is -2.16. The van der Waals surface area contributed by atoms with Gasteiger partial charge in [0, 0.05) is 23.6 Å². The summed E-state index contributed by atoms with van der Waals surface area (Å²) in [4.78, 5) is 18.3. The molecular formula is C13H13N3OS2. The molecule has 2 N–H and O–H groups in total. The van der Waals surface area contributed by atoms with E-state index in [-0.39, 0.29) is 10.9 Å². The van der Waals surface area contributed by atoms with Crippen LogP contribution in [0, 0.1) is 0 Å². The standard InChI is InChI=1S/C13H13N3OS2/c1-16(6-11-7-19-8-15-11)13(17)10-4-2-3-9(5-10)12(14)18/h2-5,7-8H,6H2,1H3,(H2,14,18). The Bertz CT molecular complexity index is 596. The summed E-state index contributed by atoms with van der Waals surface area (Å²) in [6.45, 7) is 0.486. The molecule has 4 nitrogen and oxygen atoms in total. The van der Waals surface area contributed by atoms with E-state index in [1.165, 1.54) is 11.3 Å². The molecule has 0 fully saturated rings. The SMILES string of the molecule is CN(Cc1cscn1)C(=O)c1cccc(C(N)=S)c1. The van der Waals surface area contributed by atoms with Gasteiger partial charge in [-0.15, -0.1) is 11.3 Å². The maximum Gasteiger partial charge on any atom is 0.253 e. The number of rotatable bonds is 4. The minimum absolute atomic E-state index is 0.0777. The molecule has 0 aliphatic rings. The Balaban J connectivity index is 2.14. The van der Waals surface area contributed by atoms with E-state index in [0.29, 0.717) is 17.7 Å². The number of benzene rings is 1. The normalized spacial score (nSPS) is 10.2. The summed E-state index contributed by atoms with van der Waals surface area (Å²) < 4.78 is 0. The van der Waals surface area contributed by atoms with Gasteiger partial charge in [-0.3, -0.25) is 4.79 Å². The molecule has 2 aromatic rings. The van der Waals surface area contributed by atoms with Crippen molar-refractivity contribution in [1.82, 2.24) is 9.88 Å². The average molecular weight is 291 g/mol. The minimum atomic E-state index is -0.0777. The third-order valence-electron chi connectivity index (χ3n) is 2.62. The Hall–Kier alpha value is -1.79. The highest BCUT2D eigenvalue weighted by molar-refractivity contribution is 7.80. The van der Waals surface area contributed by atoms with Crippen LogP contribution in [0.15, 0.2) is 35.2 Å². The topological polar surface area (TPSA) is 59.2 Å². The first-order valence-corrected chi connectivity index (χ1v) is 6.95. The zero-order valence-corrected chi connectivity index (χ0v) is 12.0. The second-order valence-corrected chi connectivity index (χ2v) is 5.24. The van der Waals surface area contributed by atoms with Crippen molar-refractivity contribution in [2.45, 2.75) is 6.54 Å². The first kappa shape index (κ1) is 13.6. The van der Waals surface area contributed by atoms with Crippen LogP contribution in [0.5, 0.6) is 0 Å². The van der Waals surface area contributed by atoms with Crippen LogP contribution >= 0.6 is 23.6 Å². The number of amides is 1. The number of aromatic nitrogens is 1. The van der Waals surface area contributed by atoms with Gasteiger partial charge in [0.2, 0.25) is 0 Å². The number of nitrogens with two attached hydrogens (primary N) is 1. The molecule has 0 radical (unpaired) electrons. The number of carbonyl (C=O) groups excluding carboxylic acids is 1. The quantitative estimate of drug-likeness (QED) is 0.876. The van der Waals surface area contributed by atoms with Gasteiger partial charge >= 0.3 is 0 Å². The fraction of sp³-hybridized carbons (Fsp3) is 0.154. The molecule has 2 rings (SSSR count). The highest BCUT2D eigenvalue weighted by atomic mass is 32.1. The smallest absolute Gasteiger partial charge is 0.253 e. The number of hydrogen-bond donors (Lipinski definition) is 1. The Kier molecular flexibility index (Phi) is 4.24. The molecule has 0 saturated heterocycles. The van der Waals surface area contributed by atoms with Crippen molar-refractivity contribution in [2.75, 3.05) is 7.05 Å². The van der Waals surface area contributed by atoms with Gasteiger partial charge < -0.3 is 10.6 Å². The molecule has 6 heteroatoms. The lowest BCUT2D eigenvalue weighted by atomic mass is 10.1. The van der Waals surface area contributed by atoms with Crippen LogP contribution < -0.4 is 5.73 Å². The summed E-state index contributed by atoms with van der Waals surface area (Å²) in [5.41, 5.74) is 9.47. The van der Waals surface area contributed by atoms with Crippen LogP contribution in [0.1, 0.15) is 21.6 Å². The van der Waals surface area contributed by atoms with Crippen LogP contribution in [0.2, 0.25) is 0 Å². The Morgan fingerprint density at radius 1 is 1.47 bits per heavy atom. The van der Waals surface area contributed by atoms with E-state index >= 15 is 0 Å². The third kappa shape index (κ3) is 3.36. The van der Waals surface area contributed by atoms with Crippen LogP contribution in [0.25, 0.3) is 0 Å². The van der Waals surface area contributed by atoms with Crippen molar-refractivity contribution in [3.63, 3.8) is 0 Å². The molecule has 0 atom stereocenters. The molecule has 1 aromatic carbocycles. The van der Waals surface area contributed by atoms with Crippen LogP contribution in [-0.4, -0.2) is 27.8 Å². The molecule has 0 aliphatic heterocycles. The Morgan fingerprint density at radius 3 is 2.84 bits per heavy atom. The van der Waals surface area contributed by atoms with E-state index in [4.69, 9.17) is 18.0 Å². The van der Waals surface area contributed by atoms with E-state index in [1.54, 1.807) is 41.7 Å². The number of hydrogen-bond acceptors (Lipinski definition) is 4. The molecule has 19 heavy (non-hydrogen) atoms. The molecule has 0 spiro atoms. The summed E-state index contributed by atoms with van der Waals surface area (Å²) in [5.74, 6) is -0.0777. The molecule has 1 amide bonds. The molecular weight excluding hydrogens is 278 g/mol. The summed E-state index contributed by atoms with van der Waals surface area (Å²) in [7, 11) is 1.75. The van der Waals surface area contributed by atoms with Gasteiger partial charge in [0.25, 0.3) is 5.91 Å². The predicted octanol–water partition coefficient (Wildman–Crippen LogP) is 2.05. The third-order valence-corrected chi connectivity index (χ3v) is 3.49. The molecule has 1 aromatic heterocycles. The van der Waals surface area contributed by atoms with E-state index in [2.05, 4.69) is 4.98 Å². The largest absolute Gasteiger partial charge is 0.389 e. The van der Waals surface area contributed by atoms with Gasteiger partial charge in [-0.25, -0.2) is 4.98 Å². The maximum absolute atomic E-state index is 12.3. The van der Waals surface area contributed by atoms with Gasteiger partial charge in [-0.2, -0.15) is 0 Å². The fourth-order valence-corrected chi connectivity index (χ4v) is 2.33. The highest BCUT2D eigenvalue weighted by Crippen LogP contribution is 2.11. The number of thiocarbonyl (C=S) groups is 1. The van der Waals surface area contributed by atoms with Crippen molar-refractivity contribution in [3.8, 4) is 0 Å². The molecule has 98 valence electrons. The summed E-state index contributed by atoms with van der Waals surface area (Å²) in [6, 6.07) is 7.03. The molecule has 1 heterocycles. The Morgan fingerprint density at radius 2 is 2.21 bits per heavy atom. The first-order chi connectivity index (χ1) is 9.08. The zero-order valence-electron chi connectivity index (χ0n) is 10.4. The van der Waals surface area contributed by atoms with E-state index in [1.807, 2.05) is 5.38 Å². The molecule has 0 saturated carbocycles. The molecule has 0 aliphatic carbocycles. The lowest BCUT2D eigenvalue weighted by Crippen LogP contribution is -2.26. The second-order valence-electron chi connectivity index (χ2n) is 4.09. The predicted molar refractivity (Wildman–Crippen MR) is 80.2 cm³/mol. The summed E-state index contributed by atoms with van der Waals surface area (Å²) >= 11 is 6.42. The van der Waals surface area contributed by atoms with Gasteiger partial charge in [0.1, 0.15) is 4.99 Å². The van der Waals surface area contributed by atoms with E-state index in [9.17, 15) is 4.79 Å². The minimum Gasteiger partial charge on any atom is -0.389 e. The average Bonchev–Trinajstić information content (AvgIpc) is 2.90. The van der Waals surface area contributed by atoms with Crippen LogP contribution in [0.4, 0.5) is 0 Å². The zero-order chi connectivity index (χ0) is 13.8. The maximum atomic E-state index is 12.3. The van der Waals surface area contributed by atoms with Crippen LogP contribution in [-0.2, 0) is 6.54 Å². The fourth-order valence-electron chi connectivity index (χ4n) is 1.66. The number of nitrogens with zero attached hydrogens (tertiary/aromatic N) is 2. The van der Waals surface area contributed by atoms with Crippen molar-refractivity contribution >= 4 is 34.5 Å². The van der Waals surface area contributed by atoms with E-state index < -0.39 is 0 Å². The van der Waals surface area contributed by atoms with Crippen LogP contribution in [0.3, 0.4) is 0 Å². The highest BCUT2D eigenvalue weighted by Gasteiger charge is 2.13. The van der Waals surface area contributed by atoms with Gasteiger partial charge in [0.05, 0.1) is 17.7 Å². The second kappa shape index (κ2) is 5.90. The van der Waals surface area contributed by atoms with Gasteiger partial charge in [0.15, 0.2) is 0 Å².